The summed E-state index contributed by atoms with van der Waals surface area (Å²) in [5.41, 5.74) is 1.84. The van der Waals surface area contributed by atoms with E-state index >= 15 is 0 Å². The predicted octanol–water partition coefficient (Wildman–Crippen LogP) is 5.59. The van der Waals surface area contributed by atoms with Gasteiger partial charge in [0.2, 0.25) is 0 Å². The molecule has 0 aliphatic heterocycles. The first-order chi connectivity index (χ1) is 9.52. The molecule has 0 aromatic heterocycles. The van der Waals surface area contributed by atoms with Crippen LogP contribution in [0.5, 0.6) is 0 Å². The van der Waals surface area contributed by atoms with Crippen LogP contribution in [0, 0.1) is 5.82 Å². The van der Waals surface area contributed by atoms with Crippen molar-refractivity contribution in [3.05, 3.63) is 67.9 Å². The number of benzene rings is 2. The summed E-state index contributed by atoms with van der Waals surface area (Å²) in [7, 11) is 0. The highest BCUT2D eigenvalue weighted by atomic mass is 79.9. The van der Waals surface area contributed by atoms with Gasteiger partial charge >= 0.3 is 0 Å². The van der Waals surface area contributed by atoms with Gasteiger partial charge in [0.05, 0.1) is 6.04 Å². The average molecular weight is 377 g/mol. The fourth-order valence-electron chi connectivity index (χ4n) is 2.06. The maximum atomic E-state index is 13.2. The molecule has 0 spiro atoms. The fourth-order valence-corrected chi connectivity index (χ4v) is 3.16. The van der Waals surface area contributed by atoms with Gasteiger partial charge < -0.3 is 5.32 Å². The molecule has 2 rings (SSSR count). The summed E-state index contributed by atoms with van der Waals surface area (Å²) in [6.45, 7) is 2.77. The molecule has 2 aromatic carbocycles. The van der Waals surface area contributed by atoms with Gasteiger partial charge in [0.1, 0.15) is 5.82 Å². The minimum Gasteiger partial charge on any atom is -0.306 e. The SMILES string of the molecule is CCNC(c1ccc(Cl)cc1Cl)c1ccc(F)cc1Br. The highest BCUT2D eigenvalue weighted by Gasteiger charge is 2.19. The van der Waals surface area contributed by atoms with E-state index in [4.69, 9.17) is 23.2 Å². The molecule has 0 radical (unpaired) electrons. The molecule has 0 amide bonds. The average Bonchev–Trinajstić information content (AvgIpc) is 2.37. The van der Waals surface area contributed by atoms with Crippen molar-refractivity contribution < 1.29 is 4.39 Å². The molecule has 0 saturated heterocycles. The Bertz CT molecular complexity index is 567. The molecule has 1 atom stereocenters. The lowest BCUT2D eigenvalue weighted by Gasteiger charge is -2.21. The Hall–Kier alpha value is -0.610. The molecule has 1 nitrogen and oxygen atoms in total. The van der Waals surface area contributed by atoms with E-state index in [0.717, 1.165) is 17.7 Å². The Labute approximate surface area is 136 Å². The van der Waals surface area contributed by atoms with Gasteiger partial charge in [-0.3, -0.25) is 0 Å². The third kappa shape index (κ3) is 3.53. The zero-order chi connectivity index (χ0) is 14.7. The van der Waals surface area contributed by atoms with Crippen LogP contribution in [0.1, 0.15) is 24.1 Å². The standard InChI is InChI=1S/C15H13BrCl2FN/c1-2-20-15(11-6-4-10(19)8-13(11)16)12-5-3-9(17)7-14(12)18/h3-8,15,20H,2H2,1H3. The summed E-state index contributed by atoms with van der Waals surface area (Å²) < 4.78 is 13.9. The summed E-state index contributed by atoms with van der Waals surface area (Å²) in [4.78, 5) is 0. The Balaban J connectivity index is 2.50. The van der Waals surface area contributed by atoms with E-state index in [2.05, 4.69) is 21.2 Å². The Morgan fingerprint density at radius 2 is 1.85 bits per heavy atom. The summed E-state index contributed by atoms with van der Waals surface area (Å²) >= 11 is 15.6. The largest absolute Gasteiger partial charge is 0.306 e. The summed E-state index contributed by atoms with van der Waals surface area (Å²) in [5.74, 6) is -0.280. The Morgan fingerprint density at radius 3 is 2.45 bits per heavy atom. The highest BCUT2D eigenvalue weighted by molar-refractivity contribution is 9.10. The number of rotatable bonds is 4. The highest BCUT2D eigenvalue weighted by Crippen LogP contribution is 2.34. The van der Waals surface area contributed by atoms with Gasteiger partial charge in [-0.1, -0.05) is 58.2 Å². The van der Waals surface area contributed by atoms with Crippen molar-refractivity contribution in [1.82, 2.24) is 5.32 Å². The third-order valence-corrected chi connectivity index (χ3v) is 4.20. The monoisotopic (exact) mass is 375 g/mol. The van der Waals surface area contributed by atoms with Crippen LogP contribution in [-0.2, 0) is 0 Å². The van der Waals surface area contributed by atoms with E-state index in [1.54, 1.807) is 18.2 Å². The Morgan fingerprint density at radius 1 is 1.15 bits per heavy atom. The molecule has 20 heavy (non-hydrogen) atoms. The quantitative estimate of drug-likeness (QED) is 0.732. The van der Waals surface area contributed by atoms with Crippen molar-refractivity contribution in [3.8, 4) is 0 Å². The van der Waals surface area contributed by atoms with Gasteiger partial charge in [-0.15, -0.1) is 0 Å². The van der Waals surface area contributed by atoms with Crippen molar-refractivity contribution in [2.24, 2.45) is 0 Å². The topological polar surface area (TPSA) is 12.0 Å². The van der Waals surface area contributed by atoms with E-state index in [1.165, 1.54) is 12.1 Å². The lowest BCUT2D eigenvalue weighted by Crippen LogP contribution is -2.22. The molecule has 0 fully saturated rings. The number of halogens is 4. The lowest BCUT2D eigenvalue weighted by atomic mass is 9.98. The third-order valence-electron chi connectivity index (χ3n) is 2.96. The molecule has 0 bridgehead atoms. The first kappa shape index (κ1) is 15.8. The Kier molecular flexibility index (Phi) is 5.44. The molecule has 0 heterocycles. The van der Waals surface area contributed by atoms with Crippen LogP contribution in [0.3, 0.4) is 0 Å². The van der Waals surface area contributed by atoms with Crippen molar-refractivity contribution in [2.75, 3.05) is 6.54 Å². The predicted molar refractivity (Wildman–Crippen MR) is 86.1 cm³/mol. The van der Waals surface area contributed by atoms with Crippen molar-refractivity contribution in [3.63, 3.8) is 0 Å². The smallest absolute Gasteiger partial charge is 0.124 e. The number of hydrogen-bond acceptors (Lipinski definition) is 1. The lowest BCUT2D eigenvalue weighted by molar-refractivity contribution is 0.611. The minimum atomic E-state index is -0.280. The first-order valence-electron chi connectivity index (χ1n) is 6.16. The second kappa shape index (κ2) is 6.90. The summed E-state index contributed by atoms with van der Waals surface area (Å²) in [6.07, 6.45) is 0. The fraction of sp³-hybridized carbons (Fsp3) is 0.200. The first-order valence-corrected chi connectivity index (χ1v) is 7.71. The molecular weight excluding hydrogens is 364 g/mol. The second-order valence-corrected chi connectivity index (χ2v) is 6.02. The molecule has 1 N–H and O–H groups in total. The van der Waals surface area contributed by atoms with E-state index in [-0.39, 0.29) is 11.9 Å². The van der Waals surface area contributed by atoms with Crippen LogP contribution in [0.15, 0.2) is 40.9 Å². The molecule has 0 saturated carbocycles. The van der Waals surface area contributed by atoms with Crippen LogP contribution in [0.4, 0.5) is 4.39 Å². The van der Waals surface area contributed by atoms with Crippen LogP contribution in [0.2, 0.25) is 10.0 Å². The van der Waals surface area contributed by atoms with Gasteiger partial charge in [0.25, 0.3) is 0 Å². The van der Waals surface area contributed by atoms with Crippen molar-refractivity contribution in [1.29, 1.82) is 0 Å². The molecule has 0 aliphatic rings. The van der Waals surface area contributed by atoms with Gasteiger partial charge in [-0.2, -0.15) is 0 Å². The minimum absolute atomic E-state index is 0.125. The van der Waals surface area contributed by atoms with Crippen LogP contribution in [-0.4, -0.2) is 6.54 Å². The molecule has 0 aliphatic carbocycles. The van der Waals surface area contributed by atoms with Crippen LogP contribution >= 0.6 is 39.1 Å². The van der Waals surface area contributed by atoms with Crippen LogP contribution in [0.25, 0.3) is 0 Å². The zero-order valence-corrected chi connectivity index (χ0v) is 13.9. The maximum Gasteiger partial charge on any atom is 0.124 e. The molecule has 2 aromatic rings. The molecule has 106 valence electrons. The van der Waals surface area contributed by atoms with E-state index in [1.807, 2.05) is 13.0 Å². The second-order valence-electron chi connectivity index (χ2n) is 4.32. The number of hydrogen-bond donors (Lipinski definition) is 1. The molecule has 1 unspecified atom stereocenters. The summed E-state index contributed by atoms with van der Waals surface area (Å²) in [6, 6.07) is 9.90. The van der Waals surface area contributed by atoms with Gasteiger partial charge in [0, 0.05) is 14.5 Å². The van der Waals surface area contributed by atoms with Crippen molar-refractivity contribution >= 4 is 39.1 Å². The molecule has 5 heteroatoms. The van der Waals surface area contributed by atoms with E-state index < -0.39 is 0 Å². The van der Waals surface area contributed by atoms with Gasteiger partial charge in [-0.05, 0) is 41.9 Å². The van der Waals surface area contributed by atoms with Crippen LogP contribution < -0.4 is 5.32 Å². The maximum absolute atomic E-state index is 13.2. The van der Waals surface area contributed by atoms with E-state index in [0.29, 0.717) is 14.5 Å². The number of nitrogens with one attached hydrogen (secondary N) is 1. The van der Waals surface area contributed by atoms with Crippen molar-refractivity contribution in [2.45, 2.75) is 13.0 Å². The van der Waals surface area contributed by atoms with E-state index in [9.17, 15) is 4.39 Å². The normalized spacial score (nSPS) is 12.4. The zero-order valence-electron chi connectivity index (χ0n) is 10.8. The van der Waals surface area contributed by atoms with Gasteiger partial charge in [-0.25, -0.2) is 4.39 Å². The molecular formula is C15H13BrCl2FN. The summed E-state index contributed by atoms with van der Waals surface area (Å²) in [5, 5.41) is 4.53. The van der Waals surface area contributed by atoms with Gasteiger partial charge in [0.15, 0.2) is 0 Å².